The zero-order chi connectivity index (χ0) is 16.9. The van der Waals surface area contributed by atoms with E-state index in [-0.39, 0.29) is 18.4 Å². The molecule has 0 saturated heterocycles. The van der Waals surface area contributed by atoms with Gasteiger partial charge < -0.3 is 14.8 Å². The molecule has 0 aromatic heterocycles. The highest BCUT2D eigenvalue weighted by Gasteiger charge is 2.23. The first-order chi connectivity index (χ1) is 11.6. The number of carbonyl (C=O) groups is 1. The molecule has 1 saturated carbocycles. The van der Waals surface area contributed by atoms with E-state index in [1.54, 1.807) is 12.1 Å². The molecule has 9 heteroatoms. The topological polar surface area (TPSA) is 96.6 Å². The number of hydrogen-bond donors (Lipinski definition) is 2. The highest BCUT2D eigenvalue weighted by molar-refractivity contribution is 7.97. The Bertz CT molecular complexity index is 717. The fourth-order valence-electron chi connectivity index (χ4n) is 2.80. The Labute approximate surface area is 156 Å². The summed E-state index contributed by atoms with van der Waals surface area (Å²) in [6.07, 6.45) is 8.57. The van der Waals surface area contributed by atoms with Crippen LogP contribution in [0, 0.1) is 10.1 Å². The average Bonchev–Trinajstić information content (AvgIpc) is 2.61. The zero-order valence-corrected chi connectivity index (χ0v) is 15.1. The van der Waals surface area contributed by atoms with Gasteiger partial charge in [0, 0.05) is 11.1 Å². The molecular weight excluding hydrogens is 364 g/mol. The third kappa shape index (κ3) is 4.96. The van der Waals surface area contributed by atoms with Gasteiger partial charge in [-0.2, -0.15) is 0 Å². The maximum Gasteiger partial charge on any atom is 0.430 e. The van der Waals surface area contributed by atoms with Crippen molar-refractivity contribution < 1.29 is 9.72 Å². The number of benzene rings is 1. The maximum atomic E-state index is 12.3. The first-order valence-corrected chi connectivity index (χ1v) is 8.71. The summed E-state index contributed by atoms with van der Waals surface area (Å²) in [4.78, 5) is 28.0. The summed E-state index contributed by atoms with van der Waals surface area (Å²) >= 11 is 1.39. The number of rotatable bonds is 2. The average molecular weight is 383 g/mol. The van der Waals surface area contributed by atoms with Gasteiger partial charge in [-0.25, -0.2) is 5.32 Å². The van der Waals surface area contributed by atoms with E-state index in [1.165, 1.54) is 11.9 Å². The van der Waals surface area contributed by atoms with Crippen LogP contribution >= 0.6 is 24.4 Å². The fraction of sp³-hybridized carbons (Fsp3) is 0.375. The van der Waals surface area contributed by atoms with Crippen molar-refractivity contribution in [2.75, 3.05) is 0 Å². The second-order valence-corrected chi connectivity index (χ2v) is 6.64. The molecule has 1 aromatic carbocycles. The standard InChI is InChI=1S/C16H18N4O3S.ClH/c21-15(12-7-6-11-8-9-17-24-14(11)10-12)19-16(20(22)23)18-13-4-2-1-3-5-13;/h6-10,13,17H,1-5H2,(H,18,19,21);1H. The van der Waals surface area contributed by atoms with Crippen LogP contribution in [0.5, 0.6) is 0 Å². The van der Waals surface area contributed by atoms with E-state index in [9.17, 15) is 14.9 Å². The molecule has 3 rings (SSSR count). The zero-order valence-electron chi connectivity index (χ0n) is 13.4. The van der Waals surface area contributed by atoms with Crippen LogP contribution in [0.3, 0.4) is 0 Å². The van der Waals surface area contributed by atoms with Crippen molar-refractivity contribution >= 4 is 42.3 Å². The SMILES string of the molecule is Cl.O=C(NC(=NC1CCCCC1)[N+](=O)[O-])c1ccc2c(c1)SNC=C2. The van der Waals surface area contributed by atoms with Gasteiger partial charge in [0.05, 0.1) is 5.56 Å². The molecule has 1 heterocycles. The fourth-order valence-corrected chi connectivity index (χ4v) is 3.51. The molecule has 0 bridgehead atoms. The highest BCUT2D eigenvalue weighted by atomic mass is 35.5. The van der Waals surface area contributed by atoms with Crippen LogP contribution < -0.4 is 10.0 Å². The van der Waals surface area contributed by atoms with E-state index < -0.39 is 16.8 Å². The molecule has 1 aliphatic heterocycles. The molecule has 0 spiro atoms. The van der Waals surface area contributed by atoms with Gasteiger partial charge >= 0.3 is 11.9 Å². The highest BCUT2D eigenvalue weighted by Crippen LogP contribution is 2.26. The normalized spacial score (nSPS) is 17.0. The molecule has 1 aliphatic carbocycles. The molecule has 2 aliphatic rings. The van der Waals surface area contributed by atoms with Gasteiger partial charge in [-0.15, -0.1) is 17.4 Å². The Hall–Kier alpha value is -2.06. The van der Waals surface area contributed by atoms with Crippen LogP contribution in [0.15, 0.2) is 34.3 Å². The van der Waals surface area contributed by atoms with E-state index in [1.807, 2.05) is 18.3 Å². The van der Waals surface area contributed by atoms with Crippen LogP contribution in [0.2, 0.25) is 0 Å². The number of amides is 1. The second kappa shape index (κ2) is 8.87. The van der Waals surface area contributed by atoms with Gasteiger partial charge in [0.1, 0.15) is 6.04 Å². The van der Waals surface area contributed by atoms with Gasteiger partial charge in [0.25, 0.3) is 0 Å². The molecule has 0 radical (unpaired) electrons. The number of nitrogens with zero attached hydrogens (tertiary/aromatic N) is 2. The van der Waals surface area contributed by atoms with Crippen molar-refractivity contribution in [2.45, 2.75) is 43.0 Å². The molecule has 7 nitrogen and oxygen atoms in total. The number of nitro groups is 1. The molecule has 0 unspecified atom stereocenters. The van der Waals surface area contributed by atoms with Crippen LogP contribution in [0.1, 0.15) is 48.0 Å². The Balaban J connectivity index is 0.00000225. The summed E-state index contributed by atoms with van der Waals surface area (Å²) in [6.45, 7) is 0. The summed E-state index contributed by atoms with van der Waals surface area (Å²) < 4.78 is 2.99. The summed E-state index contributed by atoms with van der Waals surface area (Å²) in [6, 6.07) is 5.11. The molecule has 25 heavy (non-hydrogen) atoms. The lowest BCUT2D eigenvalue weighted by atomic mass is 9.96. The van der Waals surface area contributed by atoms with Gasteiger partial charge in [-0.05, 0) is 66.3 Å². The molecular formula is C16H19ClN4O3S. The van der Waals surface area contributed by atoms with Crippen LogP contribution in [0.4, 0.5) is 0 Å². The van der Waals surface area contributed by atoms with Crippen molar-refractivity contribution in [3.63, 3.8) is 0 Å². The molecule has 1 aromatic rings. The van der Waals surface area contributed by atoms with Crippen molar-refractivity contribution in [3.8, 4) is 0 Å². The number of hydrogen-bond acceptors (Lipinski definition) is 6. The summed E-state index contributed by atoms with van der Waals surface area (Å²) in [5.74, 6) is -0.977. The quantitative estimate of drug-likeness (QED) is 0.269. The monoisotopic (exact) mass is 382 g/mol. The van der Waals surface area contributed by atoms with Gasteiger partial charge in [0.15, 0.2) is 0 Å². The third-order valence-corrected chi connectivity index (χ3v) is 4.88. The van der Waals surface area contributed by atoms with Crippen molar-refractivity contribution in [2.24, 2.45) is 4.99 Å². The van der Waals surface area contributed by atoms with E-state index in [0.29, 0.717) is 5.56 Å². The molecule has 1 fully saturated rings. The number of guanidine groups is 1. The summed E-state index contributed by atoms with van der Waals surface area (Å²) in [5.41, 5.74) is 1.37. The van der Waals surface area contributed by atoms with Gasteiger partial charge in [0.2, 0.25) is 0 Å². The number of nitrogens with one attached hydrogen (secondary N) is 2. The predicted octanol–water partition coefficient (Wildman–Crippen LogP) is 3.38. The van der Waals surface area contributed by atoms with Gasteiger partial charge in [-0.1, -0.05) is 12.5 Å². The van der Waals surface area contributed by atoms with Crippen LogP contribution in [-0.4, -0.2) is 22.8 Å². The van der Waals surface area contributed by atoms with E-state index in [4.69, 9.17) is 0 Å². The second-order valence-electron chi connectivity index (χ2n) is 5.76. The Morgan fingerprint density at radius 3 is 2.80 bits per heavy atom. The lowest BCUT2D eigenvalue weighted by molar-refractivity contribution is -0.354. The Morgan fingerprint density at radius 1 is 1.32 bits per heavy atom. The minimum absolute atomic E-state index is 0. The largest absolute Gasteiger partial charge is 0.430 e. The minimum atomic E-state index is -0.621. The smallest absolute Gasteiger partial charge is 0.390 e. The predicted molar refractivity (Wildman–Crippen MR) is 100 cm³/mol. The van der Waals surface area contributed by atoms with E-state index in [0.717, 1.165) is 42.6 Å². The lowest BCUT2D eigenvalue weighted by Gasteiger charge is -2.15. The van der Waals surface area contributed by atoms with Crippen molar-refractivity contribution in [1.29, 1.82) is 0 Å². The Morgan fingerprint density at radius 2 is 2.08 bits per heavy atom. The number of carbonyl (C=O) groups excluding carboxylic acids is 1. The van der Waals surface area contributed by atoms with Crippen molar-refractivity contribution in [1.82, 2.24) is 10.0 Å². The summed E-state index contributed by atoms with van der Waals surface area (Å²) in [7, 11) is 0. The molecule has 1 amide bonds. The Kier molecular flexibility index (Phi) is 6.83. The number of halogens is 1. The summed E-state index contributed by atoms with van der Waals surface area (Å²) in [5, 5.41) is 13.6. The van der Waals surface area contributed by atoms with Crippen LogP contribution in [0.25, 0.3) is 6.08 Å². The van der Waals surface area contributed by atoms with Crippen LogP contribution in [-0.2, 0) is 0 Å². The number of aliphatic imine (C=N–C) groups is 1. The maximum absolute atomic E-state index is 12.3. The third-order valence-electron chi connectivity index (χ3n) is 4.05. The molecule has 0 atom stereocenters. The van der Waals surface area contributed by atoms with E-state index in [2.05, 4.69) is 15.0 Å². The first-order valence-electron chi connectivity index (χ1n) is 7.90. The van der Waals surface area contributed by atoms with Crippen molar-refractivity contribution in [3.05, 3.63) is 45.6 Å². The number of fused-ring (bicyclic) bond motifs is 1. The van der Waals surface area contributed by atoms with E-state index >= 15 is 0 Å². The molecule has 2 N–H and O–H groups in total. The first kappa shape index (κ1) is 19.3. The lowest BCUT2D eigenvalue weighted by Crippen LogP contribution is -2.37. The minimum Gasteiger partial charge on any atom is -0.390 e. The molecule has 134 valence electrons. The van der Waals surface area contributed by atoms with Gasteiger partial charge in [-0.3, -0.25) is 4.79 Å².